The average molecular weight is 229 g/mol. The van der Waals surface area contributed by atoms with Crippen molar-refractivity contribution in [3.05, 3.63) is 0 Å². The number of rotatable bonds is 0. The quantitative estimate of drug-likeness (QED) is 0.231. The van der Waals surface area contributed by atoms with E-state index in [-0.39, 0.29) is 3.91 Å². The van der Waals surface area contributed by atoms with E-state index in [0.717, 1.165) is 0 Å². The Morgan fingerprint density at radius 2 is 1.88 bits per heavy atom. The highest BCUT2D eigenvalue weighted by atomic mass is 127. The Morgan fingerprint density at radius 3 is 2.00 bits per heavy atom. The second kappa shape index (κ2) is 3.47. The minimum atomic E-state index is -0.782. The van der Waals surface area contributed by atoms with E-state index in [4.69, 9.17) is 0 Å². The first-order valence-electron chi connectivity index (χ1n) is 1.64. The summed E-state index contributed by atoms with van der Waals surface area (Å²) < 4.78 is -0.388. The van der Waals surface area contributed by atoms with Crippen LogP contribution in [-0.4, -0.2) is 9.95 Å². The van der Waals surface area contributed by atoms with Crippen LogP contribution >= 0.6 is 22.6 Å². The lowest BCUT2D eigenvalue weighted by molar-refractivity contribution is 0.240. The molecule has 0 aromatic carbocycles. The van der Waals surface area contributed by atoms with Crippen LogP contribution in [0, 0.1) is 0 Å². The lowest BCUT2D eigenvalue weighted by Crippen LogP contribution is -2.41. The fraction of sp³-hybridized carbons (Fsp3) is 0. The van der Waals surface area contributed by atoms with E-state index in [1.807, 2.05) is 10.9 Å². The molecule has 0 aliphatic heterocycles. The van der Waals surface area contributed by atoms with Crippen LogP contribution in [0.15, 0.2) is 0 Å². The van der Waals surface area contributed by atoms with E-state index in [0.29, 0.717) is 0 Å². The third-order valence-corrected chi connectivity index (χ3v) is 0.554. The highest BCUT2D eigenvalue weighted by Gasteiger charge is 1.91. The molecule has 0 fully saturated rings. The second-order valence-corrected chi connectivity index (χ2v) is 1.87. The maximum atomic E-state index is 9.95. The molecule has 0 aliphatic rings. The zero-order chi connectivity index (χ0) is 6.57. The molecule has 0 atom stereocenters. The molecular weight excluding hydrogens is 225 g/mol. The van der Waals surface area contributed by atoms with Crippen LogP contribution in [0.5, 0.6) is 0 Å². The standard InChI is InChI=1S/C2H4IN3O2/c3-1(7)5-6-2(4)8/h(H,5,7)(H3,4,6,8). The van der Waals surface area contributed by atoms with Crippen LogP contribution in [0.1, 0.15) is 0 Å². The average Bonchev–Trinajstić information content (AvgIpc) is 1.61. The van der Waals surface area contributed by atoms with Gasteiger partial charge in [0.2, 0.25) is 0 Å². The molecule has 0 spiro atoms. The number of carbonyl (C=O) groups is 2. The lowest BCUT2D eigenvalue weighted by Gasteiger charge is -1.96. The van der Waals surface area contributed by atoms with Gasteiger partial charge < -0.3 is 5.73 Å². The van der Waals surface area contributed by atoms with Crippen LogP contribution in [0.4, 0.5) is 9.59 Å². The number of hydrogen-bond donors (Lipinski definition) is 3. The number of nitrogens with two attached hydrogens (primary N) is 1. The van der Waals surface area contributed by atoms with Crippen LogP contribution in [-0.2, 0) is 0 Å². The first kappa shape index (κ1) is 7.47. The predicted octanol–water partition coefficient (Wildman–Crippen LogP) is -0.286. The van der Waals surface area contributed by atoms with Gasteiger partial charge in [0.25, 0.3) is 3.91 Å². The molecule has 46 valence electrons. The molecule has 0 saturated heterocycles. The third kappa shape index (κ3) is 5.47. The van der Waals surface area contributed by atoms with Gasteiger partial charge in [-0.1, -0.05) is 0 Å². The molecule has 0 bridgehead atoms. The molecule has 0 saturated carbocycles. The van der Waals surface area contributed by atoms with E-state index in [1.54, 1.807) is 0 Å². The monoisotopic (exact) mass is 229 g/mol. The van der Waals surface area contributed by atoms with E-state index in [2.05, 4.69) is 5.73 Å². The second-order valence-electron chi connectivity index (χ2n) is 0.888. The number of primary amides is 1. The summed E-state index contributed by atoms with van der Waals surface area (Å²) in [7, 11) is 0. The maximum absolute atomic E-state index is 9.95. The first-order chi connectivity index (χ1) is 3.63. The van der Waals surface area contributed by atoms with Gasteiger partial charge in [-0.05, 0) is 0 Å². The van der Waals surface area contributed by atoms with E-state index in [1.165, 1.54) is 22.6 Å². The van der Waals surface area contributed by atoms with Crippen LogP contribution < -0.4 is 16.6 Å². The lowest BCUT2D eigenvalue weighted by atomic mass is 11.1. The zero-order valence-electron chi connectivity index (χ0n) is 3.77. The van der Waals surface area contributed by atoms with Crippen LogP contribution in [0.25, 0.3) is 0 Å². The molecule has 0 radical (unpaired) electrons. The summed E-state index contributed by atoms with van der Waals surface area (Å²) >= 11 is 1.46. The Morgan fingerprint density at radius 1 is 1.38 bits per heavy atom. The molecule has 6 heteroatoms. The molecule has 4 N–H and O–H groups in total. The van der Waals surface area contributed by atoms with Crippen molar-refractivity contribution in [2.75, 3.05) is 0 Å². The Kier molecular flexibility index (Phi) is 3.24. The molecule has 8 heavy (non-hydrogen) atoms. The molecule has 0 rings (SSSR count). The highest BCUT2D eigenvalue weighted by Crippen LogP contribution is 1.77. The van der Waals surface area contributed by atoms with Gasteiger partial charge in [0, 0.05) is 22.6 Å². The van der Waals surface area contributed by atoms with Crippen molar-refractivity contribution in [3.8, 4) is 0 Å². The van der Waals surface area contributed by atoms with Gasteiger partial charge in [-0.15, -0.1) is 0 Å². The number of hydrazine groups is 1. The van der Waals surface area contributed by atoms with Gasteiger partial charge in [-0.3, -0.25) is 10.2 Å². The fourth-order valence-corrected chi connectivity index (χ4v) is 0.246. The summed E-state index contributed by atoms with van der Waals surface area (Å²) in [4.78, 5) is 19.8. The Labute approximate surface area is 59.1 Å². The van der Waals surface area contributed by atoms with Gasteiger partial charge in [-0.2, -0.15) is 0 Å². The van der Waals surface area contributed by atoms with Crippen molar-refractivity contribution < 1.29 is 9.59 Å². The maximum Gasteiger partial charge on any atom is 0.330 e. The van der Waals surface area contributed by atoms with Crippen LogP contribution in [0.3, 0.4) is 0 Å². The van der Waals surface area contributed by atoms with Crippen molar-refractivity contribution in [1.82, 2.24) is 10.9 Å². The molecule has 3 amide bonds. The van der Waals surface area contributed by atoms with Crippen molar-refractivity contribution in [1.29, 1.82) is 0 Å². The van der Waals surface area contributed by atoms with Gasteiger partial charge in [0.15, 0.2) is 0 Å². The smallest absolute Gasteiger partial charge is 0.330 e. The number of urea groups is 1. The number of nitrogens with one attached hydrogen (secondary N) is 2. The molecule has 5 nitrogen and oxygen atoms in total. The van der Waals surface area contributed by atoms with Gasteiger partial charge in [-0.25, -0.2) is 10.2 Å². The van der Waals surface area contributed by atoms with Gasteiger partial charge >= 0.3 is 6.03 Å². The summed E-state index contributed by atoms with van der Waals surface area (Å²) in [6.07, 6.45) is 0. The summed E-state index contributed by atoms with van der Waals surface area (Å²) in [6.45, 7) is 0. The molecular formula is C2H4IN3O2. The predicted molar refractivity (Wildman–Crippen MR) is 35.3 cm³/mol. The zero-order valence-corrected chi connectivity index (χ0v) is 5.93. The first-order valence-corrected chi connectivity index (χ1v) is 2.71. The normalized spacial score (nSPS) is 7.62. The van der Waals surface area contributed by atoms with Crippen molar-refractivity contribution in [3.63, 3.8) is 0 Å². The third-order valence-electron chi connectivity index (χ3n) is 0.284. The Bertz CT molecular complexity index is 99.9. The summed E-state index contributed by atoms with van der Waals surface area (Å²) in [5, 5.41) is 0. The van der Waals surface area contributed by atoms with E-state index >= 15 is 0 Å². The van der Waals surface area contributed by atoms with Crippen molar-refractivity contribution in [2.45, 2.75) is 0 Å². The summed E-state index contributed by atoms with van der Waals surface area (Å²) in [5.41, 5.74) is 8.42. The fourth-order valence-electron chi connectivity index (χ4n) is 0.111. The molecule has 0 aromatic rings. The van der Waals surface area contributed by atoms with E-state index < -0.39 is 6.03 Å². The van der Waals surface area contributed by atoms with E-state index in [9.17, 15) is 9.59 Å². The van der Waals surface area contributed by atoms with Crippen molar-refractivity contribution in [2.24, 2.45) is 5.73 Å². The highest BCUT2D eigenvalue weighted by molar-refractivity contribution is 14.1. The molecule has 0 aliphatic carbocycles. The molecule has 0 unspecified atom stereocenters. The van der Waals surface area contributed by atoms with Crippen molar-refractivity contribution >= 4 is 32.5 Å². The number of halogens is 1. The number of hydrogen-bond acceptors (Lipinski definition) is 2. The topological polar surface area (TPSA) is 84.2 Å². The minimum Gasteiger partial charge on any atom is -0.350 e. The minimum absolute atomic E-state index is 0.388. The molecule has 0 aromatic heterocycles. The Balaban J connectivity index is 3.18. The van der Waals surface area contributed by atoms with Gasteiger partial charge in [0.05, 0.1) is 0 Å². The van der Waals surface area contributed by atoms with Gasteiger partial charge in [0.1, 0.15) is 0 Å². The number of amides is 3. The van der Waals surface area contributed by atoms with Crippen LogP contribution in [0.2, 0.25) is 0 Å². The largest absolute Gasteiger partial charge is 0.350 e. The Hall–Kier alpha value is -0.530. The number of carbonyl (C=O) groups excluding carboxylic acids is 2. The molecule has 0 heterocycles. The summed E-state index contributed by atoms with van der Waals surface area (Å²) in [5.74, 6) is 0. The summed E-state index contributed by atoms with van der Waals surface area (Å²) in [6, 6.07) is -0.782. The SMILES string of the molecule is NC(=O)NNC(=O)I.